The van der Waals surface area contributed by atoms with Gasteiger partial charge in [0, 0.05) is 12.6 Å². The standard InChI is InChI=1S/C6H14N2O2S/c1-5-6(2,3)4-7-11(9,10)8-5/h5,7-8H,4H2,1-3H3. The molecule has 1 rings (SSSR count). The third kappa shape index (κ3) is 1.91. The van der Waals surface area contributed by atoms with Crippen molar-refractivity contribution in [3.05, 3.63) is 0 Å². The predicted octanol–water partition coefficient (Wildman–Crippen LogP) is -0.161. The lowest BCUT2D eigenvalue weighted by atomic mass is 9.86. The monoisotopic (exact) mass is 178 g/mol. The average Bonchev–Trinajstić information content (AvgIpc) is 1.81. The summed E-state index contributed by atoms with van der Waals surface area (Å²) < 4.78 is 26.8. The zero-order chi connectivity index (χ0) is 8.70. The Hall–Kier alpha value is -0.130. The smallest absolute Gasteiger partial charge is 0.202 e. The third-order valence-corrected chi connectivity index (χ3v) is 3.41. The first kappa shape index (κ1) is 8.96. The number of nitrogens with one attached hydrogen (secondary N) is 2. The van der Waals surface area contributed by atoms with Gasteiger partial charge in [0.05, 0.1) is 0 Å². The van der Waals surface area contributed by atoms with Gasteiger partial charge in [0.15, 0.2) is 0 Å². The van der Waals surface area contributed by atoms with Gasteiger partial charge in [-0.1, -0.05) is 13.8 Å². The maximum atomic E-state index is 10.9. The SMILES string of the molecule is CC1NS(=O)(=O)NCC1(C)C. The minimum atomic E-state index is -3.20. The Balaban J connectivity index is 2.78. The highest BCUT2D eigenvalue weighted by atomic mass is 32.2. The highest BCUT2D eigenvalue weighted by molar-refractivity contribution is 7.87. The van der Waals surface area contributed by atoms with Crippen LogP contribution in [0.5, 0.6) is 0 Å². The highest BCUT2D eigenvalue weighted by Gasteiger charge is 2.34. The van der Waals surface area contributed by atoms with E-state index in [-0.39, 0.29) is 11.5 Å². The minimum Gasteiger partial charge on any atom is -0.202 e. The van der Waals surface area contributed by atoms with Crippen LogP contribution in [0.3, 0.4) is 0 Å². The van der Waals surface area contributed by atoms with Crippen LogP contribution in [0.1, 0.15) is 20.8 Å². The van der Waals surface area contributed by atoms with E-state index in [2.05, 4.69) is 9.44 Å². The predicted molar refractivity (Wildman–Crippen MR) is 43.3 cm³/mol. The molecule has 1 fully saturated rings. The van der Waals surface area contributed by atoms with Crippen LogP contribution in [0.2, 0.25) is 0 Å². The molecule has 0 bridgehead atoms. The first-order chi connectivity index (χ1) is 4.83. The van der Waals surface area contributed by atoms with Gasteiger partial charge in [0.1, 0.15) is 0 Å². The molecular formula is C6H14N2O2S. The molecule has 1 saturated heterocycles. The van der Waals surface area contributed by atoms with E-state index in [1.54, 1.807) is 0 Å². The molecule has 0 aliphatic carbocycles. The molecule has 1 aliphatic rings. The van der Waals surface area contributed by atoms with E-state index in [0.29, 0.717) is 6.54 Å². The molecular weight excluding hydrogens is 164 g/mol. The Morgan fingerprint density at radius 1 is 1.45 bits per heavy atom. The van der Waals surface area contributed by atoms with Crippen molar-refractivity contribution in [2.45, 2.75) is 26.8 Å². The van der Waals surface area contributed by atoms with Gasteiger partial charge >= 0.3 is 0 Å². The molecule has 2 N–H and O–H groups in total. The van der Waals surface area contributed by atoms with Crippen LogP contribution in [0.4, 0.5) is 0 Å². The van der Waals surface area contributed by atoms with Crippen LogP contribution in [-0.4, -0.2) is 21.0 Å². The summed E-state index contributed by atoms with van der Waals surface area (Å²) in [7, 11) is -3.20. The fourth-order valence-electron chi connectivity index (χ4n) is 0.868. The molecule has 0 aromatic heterocycles. The van der Waals surface area contributed by atoms with E-state index in [1.807, 2.05) is 20.8 Å². The Labute approximate surface area is 67.6 Å². The van der Waals surface area contributed by atoms with Crippen LogP contribution < -0.4 is 9.44 Å². The van der Waals surface area contributed by atoms with Crippen LogP contribution in [0.15, 0.2) is 0 Å². The van der Waals surface area contributed by atoms with Gasteiger partial charge in [-0.25, -0.2) is 4.72 Å². The molecule has 1 atom stereocenters. The van der Waals surface area contributed by atoms with Gasteiger partial charge < -0.3 is 0 Å². The van der Waals surface area contributed by atoms with E-state index in [9.17, 15) is 8.42 Å². The van der Waals surface area contributed by atoms with E-state index >= 15 is 0 Å². The number of hydrogen-bond donors (Lipinski definition) is 2. The molecule has 0 saturated carbocycles. The Morgan fingerprint density at radius 2 is 2.00 bits per heavy atom. The molecule has 1 heterocycles. The van der Waals surface area contributed by atoms with Crippen molar-refractivity contribution < 1.29 is 8.42 Å². The second-order valence-electron chi connectivity index (χ2n) is 3.65. The van der Waals surface area contributed by atoms with Crippen LogP contribution in [0.25, 0.3) is 0 Å². The van der Waals surface area contributed by atoms with Crippen molar-refractivity contribution >= 4 is 10.2 Å². The fraction of sp³-hybridized carbons (Fsp3) is 1.00. The van der Waals surface area contributed by atoms with E-state index in [1.165, 1.54) is 0 Å². The number of rotatable bonds is 0. The summed E-state index contributed by atoms with van der Waals surface area (Å²) in [5.41, 5.74) is -0.00861. The molecule has 0 amide bonds. The maximum absolute atomic E-state index is 10.9. The van der Waals surface area contributed by atoms with Crippen molar-refractivity contribution in [3.63, 3.8) is 0 Å². The summed E-state index contributed by atoms with van der Waals surface area (Å²) >= 11 is 0. The van der Waals surface area contributed by atoms with Gasteiger partial charge in [0.2, 0.25) is 0 Å². The Bertz CT molecular complexity index is 245. The van der Waals surface area contributed by atoms with Gasteiger partial charge in [-0.3, -0.25) is 0 Å². The molecule has 0 aromatic carbocycles. The van der Waals surface area contributed by atoms with Crippen LogP contribution >= 0.6 is 0 Å². The molecule has 0 aromatic rings. The van der Waals surface area contributed by atoms with E-state index in [0.717, 1.165) is 0 Å². The van der Waals surface area contributed by atoms with E-state index < -0.39 is 10.2 Å². The van der Waals surface area contributed by atoms with Crippen molar-refractivity contribution in [2.75, 3.05) is 6.54 Å². The summed E-state index contributed by atoms with van der Waals surface area (Å²) in [5.74, 6) is 0. The summed E-state index contributed by atoms with van der Waals surface area (Å²) in [4.78, 5) is 0. The molecule has 4 nitrogen and oxygen atoms in total. The summed E-state index contributed by atoms with van der Waals surface area (Å²) in [6.45, 7) is 6.42. The molecule has 0 radical (unpaired) electrons. The maximum Gasteiger partial charge on any atom is 0.277 e. The van der Waals surface area contributed by atoms with Crippen molar-refractivity contribution in [1.29, 1.82) is 0 Å². The summed E-state index contributed by atoms with van der Waals surface area (Å²) in [5, 5.41) is 0. The van der Waals surface area contributed by atoms with Crippen molar-refractivity contribution in [3.8, 4) is 0 Å². The number of hydrogen-bond acceptors (Lipinski definition) is 2. The average molecular weight is 178 g/mol. The lowest BCUT2D eigenvalue weighted by Crippen LogP contribution is -2.57. The second kappa shape index (κ2) is 2.43. The normalized spacial score (nSPS) is 35.0. The second-order valence-corrected chi connectivity index (χ2v) is 5.18. The van der Waals surface area contributed by atoms with Gasteiger partial charge in [-0.05, 0) is 12.3 Å². The topological polar surface area (TPSA) is 58.2 Å². The quantitative estimate of drug-likeness (QED) is 0.541. The van der Waals surface area contributed by atoms with Gasteiger partial charge in [-0.2, -0.15) is 13.1 Å². The van der Waals surface area contributed by atoms with Crippen LogP contribution in [-0.2, 0) is 10.2 Å². The van der Waals surface area contributed by atoms with Crippen LogP contribution in [0, 0.1) is 5.41 Å². The minimum absolute atomic E-state index is 0.00579. The molecule has 11 heavy (non-hydrogen) atoms. The first-order valence-corrected chi connectivity index (χ1v) is 5.09. The van der Waals surface area contributed by atoms with Crippen molar-refractivity contribution in [1.82, 2.24) is 9.44 Å². The van der Waals surface area contributed by atoms with Gasteiger partial charge in [0.25, 0.3) is 10.2 Å². The Morgan fingerprint density at radius 3 is 2.36 bits per heavy atom. The lowest BCUT2D eigenvalue weighted by Gasteiger charge is -2.36. The fourth-order valence-corrected chi connectivity index (χ4v) is 2.30. The molecule has 5 heteroatoms. The zero-order valence-electron chi connectivity index (χ0n) is 7.01. The largest absolute Gasteiger partial charge is 0.277 e. The highest BCUT2D eigenvalue weighted by Crippen LogP contribution is 2.22. The Kier molecular flexibility index (Phi) is 1.98. The zero-order valence-corrected chi connectivity index (χ0v) is 7.83. The van der Waals surface area contributed by atoms with Gasteiger partial charge in [-0.15, -0.1) is 0 Å². The lowest BCUT2D eigenvalue weighted by molar-refractivity contribution is 0.265. The molecule has 1 aliphatic heterocycles. The first-order valence-electron chi connectivity index (χ1n) is 3.60. The third-order valence-electron chi connectivity index (χ3n) is 2.22. The molecule has 66 valence electrons. The van der Waals surface area contributed by atoms with Crippen molar-refractivity contribution in [2.24, 2.45) is 5.41 Å². The molecule has 0 spiro atoms. The molecule has 1 unspecified atom stereocenters. The summed E-state index contributed by atoms with van der Waals surface area (Å²) in [6, 6.07) is -0.00579. The summed E-state index contributed by atoms with van der Waals surface area (Å²) in [6.07, 6.45) is 0. The van der Waals surface area contributed by atoms with E-state index in [4.69, 9.17) is 0 Å².